The predicted octanol–water partition coefficient (Wildman–Crippen LogP) is 8.29. The van der Waals surface area contributed by atoms with Gasteiger partial charge in [-0.05, 0) is 67.4 Å². The number of aliphatic hydroxyl groups is 2. The summed E-state index contributed by atoms with van der Waals surface area (Å²) in [5, 5.41) is 24.5. The highest BCUT2D eigenvalue weighted by Crippen LogP contribution is 2.45. The minimum Gasteiger partial charge on any atom is -0.496 e. The van der Waals surface area contributed by atoms with Crippen molar-refractivity contribution in [2.75, 3.05) is 35.0 Å². The van der Waals surface area contributed by atoms with Gasteiger partial charge in [0.25, 0.3) is 0 Å². The van der Waals surface area contributed by atoms with Crippen molar-refractivity contribution in [1.29, 1.82) is 0 Å². The van der Waals surface area contributed by atoms with Crippen molar-refractivity contribution in [3.63, 3.8) is 0 Å². The van der Waals surface area contributed by atoms with Crippen molar-refractivity contribution >= 4 is 49.6 Å². The number of methoxy groups -OCH3 is 4. The second kappa shape index (κ2) is 15.7. The molecule has 0 saturated heterocycles. The van der Waals surface area contributed by atoms with E-state index in [1.807, 2.05) is 54.6 Å². The Balaban J connectivity index is 1.49. The number of fused-ring (bicyclic) bond motifs is 6. The van der Waals surface area contributed by atoms with Crippen LogP contribution in [0.3, 0.4) is 0 Å². The van der Waals surface area contributed by atoms with E-state index in [1.165, 1.54) is 0 Å². The van der Waals surface area contributed by atoms with Crippen molar-refractivity contribution in [1.82, 2.24) is 19.1 Å². The van der Waals surface area contributed by atoms with Gasteiger partial charge >= 0.3 is 5.97 Å². The smallest absolute Gasteiger partial charge is 0.356 e. The largest absolute Gasteiger partial charge is 0.496 e. The molecule has 8 rings (SSSR count). The molecular weight excluding hydrogens is 737 g/mol. The Hall–Kier alpha value is -6.63. The summed E-state index contributed by atoms with van der Waals surface area (Å²) in [5.41, 5.74) is 8.27. The third-order valence-electron chi connectivity index (χ3n) is 10.7. The fourth-order valence-corrected chi connectivity index (χ4v) is 8.09. The Morgan fingerprint density at radius 2 is 1.19 bits per heavy atom. The number of hydrogen-bond acceptors (Lipinski definition) is 10. The maximum atomic E-state index is 13.5. The number of benzene rings is 4. The van der Waals surface area contributed by atoms with Crippen LogP contribution < -0.4 is 18.9 Å². The molecule has 12 heteroatoms. The van der Waals surface area contributed by atoms with Crippen LogP contribution in [0.5, 0.6) is 23.0 Å². The van der Waals surface area contributed by atoms with Crippen LogP contribution in [-0.2, 0) is 31.0 Å². The lowest BCUT2D eigenvalue weighted by Gasteiger charge is -2.18. The lowest BCUT2D eigenvalue weighted by Crippen LogP contribution is -2.11. The first-order valence-corrected chi connectivity index (χ1v) is 19.0. The van der Waals surface area contributed by atoms with Crippen LogP contribution in [0.4, 0.5) is 0 Å². The number of rotatable bonds is 13. The van der Waals surface area contributed by atoms with Gasteiger partial charge in [0.1, 0.15) is 18.1 Å². The van der Waals surface area contributed by atoms with Crippen LogP contribution in [0, 0.1) is 0 Å². The Labute approximate surface area is 334 Å². The van der Waals surface area contributed by atoms with Gasteiger partial charge < -0.3 is 43.0 Å². The van der Waals surface area contributed by atoms with Crippen molar-refractivity contribution in [3.8, 4) is 45.5 Å². The van der Waals surface area contributed by atoms with Gasteiger partial charge in [0.15, 0.2) is 11.5 Å². The molecular formula is C46H44N4O8. The number of carbonyl (C=O) groups is 1. The molecule has 8 aromatic rings. The third kappa shape index (κ3) is 6.21. The van der Waals surface area contributed by atoms with Crippen LogP contribution in [-0.4, -0.2) is 70.3 Å². The van der Waals surface area contributed by atoms with E-state index < -0.39 is 5.97 Å². The molecule has 12 nitrogen and oxygen atoms in total. The minimum absolute atomic E-state index is 0.163. The summed E-state index contributed by atoms with van der Waals surface area (Å²) in [6, 6.07) is 27.7. The summed E-state index contributed by atoms with van der Waals surface area (Å²) < 4.78 is 32.9. The molecule has 4 aromatic heterocycles. The molecule has 0 saturated carbocycles. The second-order valence-electron chi connectivity index (χ2n) is 13.8. The number of para-hydroxylation sites is 2. The van der Waals surface area contributed by atoms with E-state index in [4.69, 9.17) is 33.7 Å². The standard InChI is InChI=1S/C46H44N4O8/c1-7-29-21-32-30-13-9-11-15-36(30)49(43(32)41(47-29)26-17-28(23-51)34(24-52)38(18-26)54-3)25-50-37-16-12-10-14-31(37)33-22-35(46(53)58-8-2)48-42(44(33)50)27-19-39(55-4)45(57-6)40(20-27)56-5/h9-22,51-52H,7-8,23-25H2,1-6H3. The van der Waals surface area contributed by atoms with E-state index >= 15 is 0 Å². The van der Waals surface area contributed by atoms with Gasteiger partial charge in [-0.15, -0.1) is 0 Å². The zero-order chi connectivity index (χ0) is 40.7. The van der Waals surface area contributed by atoms with E-state index in [1.54, 1.807) is 41.4 Å². The molecule has 0 radical (unpaired) electrons. The molecule has 296 valence electrons. The van der Waals surface area contributed by atoms with Crippen LogP contribution in [0.15, 0.2) is 84.9 Å². The molecule has 2 N–H and O–H groups in total. The van der Waals surface area contributed by atoms with E-state index in [9.17, 15) is 15.0 Å². The Kier molecular flexibility index (Phi) is 10.4. The predicted molar refractivity (Wildman–Crippen MR) is 224 cm³/mol. The van der Waals surface area contributed by atoms with Gasteiger partial charge in [0, 0.05) is 43.9 Å². The fourth-order valence-electron chi connectivity index (χ4n) is 8.09. The number of hydrogen-bond donors (Lipinski definition) is 2. The Morgan fingerprint density at radius 3 is 1.72 bits per heavy atom. The van der Waals surface area contributed by atoms with Crippen LogP contribution >= 0.6 is 0 Å². The first-order chi connectivity index (χ1) is 28.3. The SMILES string of the molecule is CCOC(=O)c1cc2c3ccccc3n(Cn3c4ccccc4c4cc(CC)nc(-c5cc(CO)c(CO)c(OC)c5)c43)c2c(-c2cc(OC)c(OC)c(OC)c2)n1. The van der Waals surface area contributed by atoms with E-state index in [0.717, 1.165) is 54.9 Å². The Morgan fingerprint density at radius 1 is 0.638 bits per heavy atom. The van der Waals surface area contributed by atoms with Gasteiger partial charge in [-0.1, -0.05) is 43.3 Å². The molecule has 0 atom stereocenters. The monoisotopic (exact) mass is 780 g/mol. The highest BCUT2D eigenvalue weighted by Gasteiger charge is 2.26. The molecule has 4 aromatic carbocycles. The van der Waals surface area contributed by atoms with Gasteiger partial charge in [-0.25, -0.2) is 9.78 Å². The van der Waals surface area contributed by atoms with Gasteiger partial charge in [0.2, 0.25) is 5.75 Å². The number of esters is 1. The molecule has 0 aliphatic heterocycles. The zero-order valence-electron chi connectivity index (χ0n) is 33.3. The number of aromatic nitrogens is 4. The summed E-state index contributed by atoms with van der Waals surface area (Å²) in [6.45, 7) is 3.77. The van der Waals surface area contributed by atoms with E-state index in [0.29, 0.717) is 64.2 Å². The molecule has 0 spiro atoms. The fraction of sp³-hybridized carbons (Fsp3) is 0.239. The van der Waals surface area contributed by atoms with Crippen molar-refractivity contribution in [3.05, 3.63) is 107 Å². The molecule has 0 aliphatic carbocycles. The van der Waals surface area contributed by atoms with Crippen LogP contribution in [0.1, 0.15) is 41.2 Å². The highest BCUT2D eigenvalue weighted by molar-refractivity contribution is 6.15. The van der Waals surface area contributed by atoms with Crippen molar-refractivity contribution in [2.24, 2.45) is 0 Å². The quantitative estimate of drug-likeness (QED) is 0.110. The molecule has 0 amide bonds. The third-order valence-corrected chi connectivity index (χ3v) is 10.7. The molecule has 0 bridgehead atoms. The number of aryl methyl sites for hydroxylation is 1. The second-order valence-corrected chi connectivity index (χ2v) is 13.8. The summed E-state index contributed by atoms with van der Waals surface area (Å²) in [5.74, 6) is 1.22. The molecule has 58 heavy (non-hydrogen) atoms. The van der Waals surface area contributed by atoms with Crippen molar-refractivity contribution in [2.45, 2.75) is 40.2 Å². The first-order valence-electron chi connectivity index (χ1n) is 19.0. The number of ether oxygens (including phenoxy) is 5. The first kappa shape index (κ1) is 38.3. The number of aliphatic hydroxyl groups excluding tert-OH is 2. The maximum absolute atomic E-state index is 13.5. The number of carbonyl (C=O) groups excluding carboxylic acids is 1. The molecule has 0 fully saturated rings. The Bertz CT molecular complexity index is 2830. The maximum Gasteiger partial charge on any atom is 0.356 e. The minimum atomic E-state index is -0.537. The lowest BCUT2D eigenvalue weighted by molar-refractivity contribution is 0.0520. The number of nitrogens with zero attached hydrogens (tertiary/aromatic N) is 4. The summed E-state index contributed by atoms with van der Waals surface area (Å²) in [4.78, 5) is 23.7. The van der Waals surface area contributed by atoms with E-state index in [2.05, 4.69) is 40.3 Å². The zero-order valence-corrected chi connectivity index (χ0v) is 33.3. The summed E-state index contributed by atoms with van der Waals surface area (Å²) >= 11 is 0. The molecule has 0 unspecified atom stereocenters. The topological polar surface area (TPSA) is 139 Å². The summed E-state index contributed by atoms with van der Waals surface area (Å²) in [7, 11) is 6.22. The van der Waals surface area contributed by atoms with Crippen LogP contribution in [0.2, 0.25) is 0 Å². The highest BCUT2D eigenvalue weighted by atomic mass is 16.5. The van der Waals surface area contributed by atoms with Gasteiger partial charge in [0.05, 0.1) is 81.7 Å². The van der Waals surface area contributed by atoms with Gasteiger partial charge in [-0.3, -0.25) is 4.98 Å². The van der Waals surface area contributed by atoms with E-state index in [-0.39, 0.29) is 25.5 Å². The number of pyridine rings is 2. The lowest BCUT2D eigenvalue weighted by atomic mass is 9.99. The average Bonchev–Trinajstić information content (AvgIpc) is 3.76. The summed E-state index contributed by atoms with van der Waals surface area (Å²) in [6.07, 6.45) is 0.695. The van der Waals surface area contributed by atoms with Crippen LogP contribution in [0.25, 0.3) is 66.1 Å². The van der Waals surface area contributed by atoms with Gasteiger partial charge in [-0.2, -0.15) is 0 Å². The normalized spacial score (nSPS) is 11.5. The average molecular weight is 781 g/mol. The van der Waals surface area contributed by atoms with Crippen molar-refractivity contribution < 1.29 is 38.7 Å². The molecule has 4 heterocycles. The molecule has 0 aliphatic rings.